The smallest absolute Gasteiger partial charge is 0.193 e. The van der Waals surface area contributed by atoms with Crippen molar-refractivity contribution in [2.24, 2.45) is 4.99 Å². The number of rotatable bonds is 4. The molecule has 1 N–H and O–H groups in total. The summed E-state index contributed by atoms with van der Waals surface area (Å²) >= 11 is 6.19. The second kappa shape index (κ2) is 9.31. The predicted molar refractivity (Wildman–Crippen MR) is 127 cm³/mol. The fourth-order valence-corrected chi connectivity index (χ4v) is 4.00. The quantitative estimate of drug-likeness (QED) is 0.385. The maximum atomic E-state index is 6.19. The standard InChI is InChI=1S/C21H26ClN5.HI/c1-23-20(25-16-21(8-9-21)17-5-4-6-18(22)15-17)27-13-11-26(12-14-27)19-7-2-3-10-24-19;/h2-7,10,15H,8-9,11-14,16H2,1H3,(H,23,25);1H. The molecule has 0 amide bonds. The van der Waals surface area contributed by atoms with E-state index in [0.717, 1.165) is 49.5 Å². The van der Waals surface area contributed by atoms with E-state index < -0.39 is 0 Å². The molecule has 2 fully saturated rings. The van der Waals surface area contributed by atoms with Crippen molar-refractivity contribution < 1.29 is 0 Å². The molecule has 7 heteroatoms. The third kappa shape index (κ3) is 4.71. The lowest BCUT2D eigenvalue weighted by Crippen LogP contribution is -2.53. The molecular formula is C21H27ClIN5. The first-order chi connectivity index (χ1) is 13.2. The van der Waals surface area contributed by atoms with Gasteiger partial charge in [0.05, 0.1) is 0 Å². The molecule has 0 radical (unpaired) electrons. The minimum Gasteiger partial charge on any atom is -0.355 e. The second-order valence-electron chi connectivity index (χ2n) is 7.35. The van der Waals surface area contributed by atoms with E-state index in [1.165, 1.54) is 18.4 Å². The van der Waals surface area contributed by atoms with Gasteiger partial charge in [-0.1, -0.05) is 29.8 Å². The van der Waals surface area contributed by atoms with Crippen LogP contribution in [-0.4, -0.2) is 55.6 Å². The third-order valence-electron chi connectivity index (χ3n) is 5.64. The van der Waals surface area contributed by atoms with Gasteiger partial charge in [0, 0.05) is 56.4 Å². The number of hydrogen-bond donors (Lipinski definition) is 1. The SMILES string of the molecule is CN=C(NCC1(c2cccc(Cl)c2)CC1)N1CCN(c2ccccn2)CC1.I. The van der Waals surface area contributed by atoms with Crippen LogP contribution in [0.4, 0.5) is 5.82 Å². The zero-order valence-corrected chi connectivity index (χ0v) is 19.2. The summed E-state index contributed by atoms with van der Waals surface area (Å²) < 4.78 is 0. The van der Waals surface area contributed by atoms with Gasteiger partial charge in [-0.15, -0.1) is 24.0 Å². The maximum Gasteiger partial charge on any atom is 0.193 e. The highest BCUT2D eigenvalue weighted by Crippen LogP contribution is 2.48. The zero-order chi connectivity index (χ0) is 18.7. The average Bonchev–Trinajstić information content (AvgIpc) is 3.51. The van der Waals surface area contributed by atoms with Gasteiger partial charge in [0.15, 0.2) is 5.96 Å². The molecule has 0 bridgehead atoms. The molecule has 28 heavy (non-hydrogen) atoms. The average molecular weight is 512 g/mol. The van der Waals surface area contributed by atoms with Gasteiger partial charge in [-0.3, -0.25) is 4.99 Å². The number of nitrogens with zero attached hydrogens (tertiary/aromatic N) is 4. The maximum absolute atomic E-state index is 6.19. The van der Waals surface area contributed by atoms with Gasteiger partial charge in [-0.05, 0) is 42.7 Å². The van der Waals surface area contributed by atoms with Gasteiger partial charge in [-0.2, -0.15) is 0 Å². The van der Waals surface area contributed by atoms with Crippen LogP contribution in [0.1, 0.15) is 18.4 Å². The van der Waals surface area contributed by atoms with Crippen LogP contribution in [0.15, 0.2) is 53.7 Å². The van der Waals surface area contributed by atoms with Gasteiger partial charge in [0.2, 0.25) is 0 Å². The molecule has 1 aromatic carbocycles. The summed E-state index contributed by atoms with van der Waals surface area (Å²) in [6.45, 7) is 4.70. The highest BCUT2D eigenvalue weighted by atomic mass is 127. The number of guanidine groups is 1. The molecule has 0 spiro atoms. The number of benzene rings is 1. The van der Waals surface area contributed by atoms with Crippen LogP contribution < -0.4 is 10.2 Å². The molecule has 1 aromatic heterocycles. The van der Waals surface area contributed by atoms with E-state index in [1.807, 2.05) is 37.5 Å². The van der Waals surface area contributed by atoms with Gasteiger partial charge < -0.3 is 15.1 Å². The number of halogens is 2. The summed E-state index contributed by atoms with van der Waals surface area (Å²) in [4.78, 5) is 13.7. The van der Waals surface area contributed by atoms with E-state index in [-0.39, 0.29) is 29.4 Å². The number of piperazine rings is 1. The Hall–Kier alpha value is -1.54. The molecule has 2 aliphatic rings. The first kappa shape index (κ1) is 21.2. The van der Waals surface area contributed by atoms with Crippen LogP contribution in [0.3, 0.4) is 0 Å². The lowest BCUT2D eigenvalue weighted by atomic mass is 9.96. The Bertz CT molecular complexity index is 801. The van der Waals surface area contributed by atoms with Crippen molar-refractivity contribution in [1.29, 1.82) is 0 Å². The molecule has 1 saturated carbocycles. The summed E-state index contributed by atoms with van der Waals surface area (Å²) in [7, 11) is 1.87. The Morgan fingerprint density at radius 3 is 2.54 bits per heavy atom. The number of pyridine rings is 1. The molecule has 1 saturated heterocycles. The second-order valence-corrected chi connectivity index (χ2v) is 7.79. The van der Waals surface area contributed by atoms with Gasteiger partial charge >= 0.3 is 0 Å². The summed E-state index contributed by atoms with van der Waals surface area (Å²) in [5.41, 5.74) is 1.54. The van der Waals surface area contributed by atoms with Crippen molar-refractivity contribution in [2.45, 2.75) is 18.3 Å². The van der Waals surface area contributed by atoms with E-state index in [2.05, 4.69) is 43.3 Å². The fraction of sp³-hybridized carbons (Fsp3) is 0.429. The number of nitrogens with one attached hydrogen (secondary N) is 1. The van der Waals surface area contributed by atoms with Gasteiger partial charge in [0.25, 0.3) is 0 Å². The van der Waals surface area contributed by atoms with Crippen LogP contribution in [-0.2, 0) is 5.41 Å². The molecule has 5 nitrogen and oxygen atoms in total. The molecule has 4 rings (SSSR count). The molecule has 150 valence electrons. The van der Waals surface area contributed by atoms with Gasteiger partial charge in [-0.25, -0.2) is 4.98 Å². The Balaban J connectivity index is 0.00000225. The van der Waals surface area contributed by atoms with Crippen LogP contribution in [0.5, 0.6) is 0 Å². The largest absolute Gasteiger partial charge is 0.355 e. The summed E-state index contributed by atoms with van der Waals surface area (Å²) in [6, 6.07) is 14.3. The van der Waals surface area contributed by atoms with Crippen molar-refractivity contribution in [3.63, 3.8) is 0 Å². The zero-order valence-electron chi connectivity index (χ0n) is 16.1. The molecule has 0 atom stereocenters. The van der Waals surface area contributed by atoms with Crippen LogP contribution in [0.25, 0.3) is 0 Å². The lowest BCUT2D eigenvalue weighted by molar-refractivity contribution is 0.369. The molecular weight excluding hydrogens is 485 g/mol. The van der Waals surface area contributed by atoms with Crippen molar-refractivity contribution >= 4 is 47.4 Å². The van der Waals surface area contributed by atoms with Crippen molar-refractivity contribution in [1.82, 2.24) is 15.2 Å². The van der Waals surface area contributed by atoms with Crippen LogP contribution in [0.2, 0.25) is 5.02 Å². The molecule has 1 aliphatic heterocycles. The van der Waals surface area contributed by atoms with E-state index in [9.17, 15) is 0 Å². The number of aliphatic imine (C=N–C) groups is 1. The van der Waals surface area contributed by atoms with Crippen molar-refractivity contribution in [3.8, 4) is 0 Å². The molecule has 1 aliphatic carbocycles. The molecule has 2 aromatic rings. The lowest BCUT2D eigenvalue weighted by Gasteiger charge is -2.37. The Kier molecular flexibility index (Phi) is 7.04. The van der Waals surface area contributed by atoms with E-state index >= 15 is 0 Å². The predicted octanol–water partition coefficient (Wildman–Crippen LogP) is 3.78. The van der Waals surface area contributed by atoms with Crippen molar-refractivity contribution in [3.05, 3.63) is 59.2 Å². The monoisotopic (exact) mass is 511 g/mol. The Morgan fingerprint density at radius 2 is 1.93 bits per heavy atom. The number of hydrogen-bond acceptors (Lipinski definition) is 3. The number of anilines is 1. The fourth-order valence-electron chi connectivity index (χ4n) is 3.81. The van der Waals surface area contributed by atoms with E-state index in [0.29, 0.717) is 0 Å². The minimum atomic E-state index is 0. The topological polar surface area (TPSA) is 43.8 Å². The van der Waals surface area contributed by atoms with Gasteiger partial charge in [0.1, 0.15) is 5.82 Å². The minimum absolute atomic E-state index is 0. The summed E-state index contributed by atoms with van der Waals surface area (Å²) in [6.07, 6.45) is 4.25. The van der Waals surface area contributed by atoms with E-state index in [1.54, 1.807) is 0 Å². The molecule has 0 unspecified atom stereocenters. The normalized spacial score (nSPS) is 18.4. The van der Waals surface area contributed by atoms with Crippen molar-refractivity contribution in [2.75, 3.05) is 44.7 Å². The first-order valence-corrected chi connectivity index (χ1v) is 9.96. The Labute approximate surface area is 189 Å². The highest BCUT2D eigenvalue weighted by molar-refractivity contribution is 14.0. The highest BCUT2D eigenvalue weighted by Gasteiger charge is 2.44. The first-order valence-electron chi connectivity index (χ1n) is 9.58. The van der Waals surface area contributed by atoms with Crippen LogP contribution in [0, 0.1) is 0 Å². The summed E-state index contributed by atoms with van der Waals surface area (Å²) in [5, 5.41) is 4.43. The third-order valence-corrected chi connectivity index (χ3v) is 5.87. The Morgan fingerprint density at radius 1 is 1.14 bits per heavy atom. The summed E-state index contributed by atoms with van der Waals surface area (Å²) in [5.74, 6) is 2.04. The van der Waals surface area contributed by atoms with Crippen LogP contribution >= 0.6 is 35.6 Å². The molecule has 2 heterocycles. The van der Waals surface area contributed by atoms with E-state index in [4.69, 9.17) is 11.6 Å². The number of aromatic nitrogens is 1.